The quantitative estimate of drug-likeness (QED) is 0.678. The van der Waals surface area contributed by atoms with Crippen LogP contribution < -0.4 is 21.1 Å². The van der Waals surface area contributed by atoms with Gasteiger partial charge in [-0.25, -0.2) is 4.39 Å². The van der Waals surface area contributed by atoms with Gasteiger partial charge in [-0.3, -0.25) is 9.59 Å². The molecule has 29 heavy (non-hydrogen) atoms. The molecule has 1 saturated heterocycles. The maximum Gasteiger partial charge on any atom is 0.417 e. The van der Waals surface area contributed by atoms with Gasteiger partial charge in [-0.1, -0.05) is 0 Å². The molecule has 1 fully saturated rings. The molecule has 0 aliphatic carbocycles. The predicted octanol–water partition coefficient (Wildman–Crippen LogP) is 2.97. The Bertz CT molecular complexity index is 963. The third-order valence-electron chi connectivity index (χ3n) is 4.58. The number of anilines is 2. The molecule has 3 rings (SSSR count). The van der Waals surface area contributed by atoms with Gasteiger partial charge in [0.25, 0.3) is 5.91 Å². The van der Waals surface area contributed by atoms with Crippen LogP contribution in [0.3, 0.4) is 0 Å². The van der Waals surface area contributed by atoms with Crippen molar-refractivity contribution in [2.45, 2.75) is 32.1 Å². The average Bonchev–Trinajstić information content (AvgIpc) is 2.61. The smallest absolute Gasteiger partial charge is 0.367 e. The number of hydrogen-bond donors (Lipinski definition) is 3. The van der Waals surface area contributed by atoms with Crippen molar-refractivity contribution in [2.75, 3.05) is 23.3 Å². The number of H-pyrrole nitrogens is 1. The lowest BCUT2D eigenvalue weighted by atomic mass is 10.1. The van der Waals surface area contributed by atoms with Crippen molar-refractivity contribution >= 4 is 17.3 Å². The summed E-state index contributed by atoms with van der Waals surface area (Å²) < 4.78 is 53.6. The summed E-state index contributed by atoms with van der Waals surface area (Å²) in [6.45, 7) is 4.97. The molecule has 1 amide bonds. The Hall–Kier alpha value is -2.88. The topological polar surface area (TPSA) is 77.2 Å². The third kappa shape index (κ3) is 4.76. The van der Waals surface area contributed by atoms with Gasteiger partial charge in [0, 0.05) is 37.4 Å². The second kappa shape index (κ2) is 7.86. The van der Waals surface area contributed by atoms with E-state index < -0.39 is 34.6 Å². The molecule has 1 aliphatic rings. The number of halogens is 4. The molecule has 2 heterocycles. The standard InChI is InChI=1S/C19H20F4N4O2/c1-10-8-27(9-11(2)25-10)16-5-12(20)3-4-15(16)26-18(29)13-7-24-17(28)6-14(13)19(21,22)23/h3-7,10-11,25H,8-9H2,1-2H3,(H,24,28)(H,26,29)/t10-,11+. The zero-order chi connectivity index (χ0) is 21.3. The number of rotatable bonds is 3. The Morgan fingerprint density at radius 3 is 2.45 bits per heavy atom. The Kier molecular flexibility index (Phi) is 5.65. The van der Waals surface area contributed by atoms with Gasteiger partial charge in [-0.2, -0.15) is 13.2 Å². The Labute approximate surface area is 163 Å². The van der Waals surface area contributed by atoms with Crippen molar-refractivity contribution in [3.05, 3.63) is 57.8 Å². The number of aromatic nitrogens is 1. The predicted molar refractivity (Wildman–Crippen MR) is 101 cm³/mol. The molecule has 6 nitrogen and oxygen atoms in total. The van der Waals surface area contributed by atoms with E-state index in [4.69, 9.17) is 0 Å². The van der Waals surface area contributed by atoms with Crippen LogP contribution in [0.5, 0.6) is 0 Å². The Morgan fingerprint density at radius 2 is 1.83 bits per heavy atom. The Balaban J connectivity index is 1.96. The highest BCUT2D eigenvalue weighted by Gasteiger charge is 2.36. The van der Waals surface area contributed by atoms with E-state index >= 15 is 0 Å². The van der Waals surface area contributed by atoms with Gasteiger partial charge in [0.2, 0.25) is 5.56 Å². The second-order valence-electron chi connectivity index (χ2n) is 7.11. The second-order valence-corrected chi connectivity index (χ2v) is 7.11. The van der Waals surface area contributed by atoms with E-state index in [1.54, 1.807) is 0 Å². The summed E-state index contributed by atoms with van der Waals surface area (Å²) in [6.07, 6.45) is -4.16. The van der Waals surface area contributed by atoms with Crippen LogP contribution in [0, 0.1) is 5.82 Å². The first-order chi connectivity index (χ1) is 13.5. The largest absolute Gasteiger partial charge is 0.417 e. The first-order valence-corrected chi connectivity index (χ1v) is 8.96. The lowest BCUT2D eigenvalue weighted by Crippen LogP contribution is -2.54. The van der Waals surface area contributed by atoms with E-state index in [0.717, 1.165) is 12.3 Å². The molecule has 0 radical (unpaired) electrons. The van der Waals surface area contributed by atoms with E-state index in [-0.39, 0.29) is 17.8 Å². The first-order valence-electron chi connectivity index (χ1n) is 8.96. The molecule has 0 unspecified atom stereocenters. The summed E-state index contributed by atoms with van der Waals surface area (Å²) in [7, 11) is 0. The number of piperazine rings is 1. The molecule has 0 bridgehead atoms. The molecule has 2 aromatic rings. The highest BCUT2D eigenvalue weighted by Crippen LogP contribution is 2.33. The number of aromatic amines is 1. The average molecular weight is 412 g/mol. The van der Waals surface area contributed by atoms with Crippen molar-refractivity contribution in [3.63, 3.8) is 0 Å². The van der Waals surface area contributed by atoms with E-state index in [1.165, 1.54) is 12.1 Å². The monoisotopic (exact) mass is 412 g/mol. The summed E-state index contributed by atoms with van der Waals surface area (Å²) >= 11 is 0. The maximum atomic E-state index is 13.9. The molecule has 0 spiro atoms. The normalized spacial score (nSPS) is 19.9. The molecule has 10 heteroatoms. The van der Waals surface area contributed by atoms with Gasteiger partial charge in [-0.15, -0.1) is 0 Å². The third-order valence-corrected chi connectivity index (χ3v) is 4.58. The molecule has 3 N–H and O–H groups in total. The summed E-state index contributed by atoms with van der Waals surface area (Å²) in [5.41, 5.74) is -2.49. The number of pyridine rings is 1. The number of hydrogen-bond acceptors (Lipinski definition) is 4. The van der Waals surface area contributed by atoms with E-state index in [0.29, 0.717) is 24.8 Å². The van der Waals surface area contributed by atoms with Crippen LogP contribution in [-0.4, -0.2) is 36.1 Å². The number of benzene rings is 1. The number of amides is 1. The van der Waals surface area contributed by atoms with Crippen molar-refractivity contribution in [1.82, 2.24) is 10.3 Å². The summed E-state index contributed by atoms with van der Waals surface area (Å²) in [4.78, 5) is 27.8. The van der Waals surface area contributed by atoms with Gasteiger partial charge in [0.05, 0.1) is 22.5 Å². The van der Waals surface area contributed by atoms with Crippen LogP contribution in [0.4, 0.5) is 28.9 Å². The number of nitrogens with zero attached hydrogens (tertiary/aromatic N) is 1. The van der Waals surface area contributed by atoms with Gasteiger partial charge in [0.15, 0.2) is 0 Å². The fourth-order valence-electron chi connectivity index (χ4n) is 3.48. The van der Waals surface area contributed by atoms with E-state index in [9.17, 15) is 27.2 Å². The number of carbonyl (C=O) groups excluding carboxylic acids is 1. The highest BCUT2D eigenvalue weighted by molar-refractivity contribution is 6.06. The van der Waals surface area contributed by atoms with Crippen LogP contribution in [-0.2, 0) is 6.18 Å². The molecule has 2 atom stereocenters. The van der Waals surface area contributed by atoms with Crippen LogP contribution in [0.15, 0.2) is 35.3 Å². The van der Waals surface area contributed by atoms with Gasteiger partial charge >= 0.3 is 6.18 Å². The van der Waals surface area contributed by atoms with Crippen molar-refractivity contribution in [2.24, 2.45) is 0 Å². The van der Waals surface area contributed by atoms with Gasteiger partial charge in [0.1, 0.15) is 5.82 Å². The van der Waals surface area contributed by atoms with Crippen molar-refractivity contribution in [3.8, 4) is 0 Å². The van der Waals surface area contributed by atoms with Crippen LogP contribution in [0.1, 0.15) is 29.8 Å². The summed E-state index contributed by atoms with van der Waals surface area (Å²) in [5.74, 6) is -1.59. The molecule has 1 aliphatic heterocycles. The minimum absolute atomic E-state index is 0.0987. The summed E-state index contributed by atoms with van der Waals surface area (Å²) in [6, 6.07) is 4.19. The molecule has 1 aromatic carbocycles. The highest BCUT2D eigenvalue weighted by atomic mass is 19.4. The lowest BCUT2D eigenvalue weighted by Gasteiger charge is -2.38. The number of nitrogens with one attached hydrogen (secondary N) is 3. The fraction of sp³-hybridized carbons (Fsp3) is 0.368. The number of carbonyl (C=O) groups is 1. The number of alkyl halides is 3. The maximum absolute atomic E-state index is 13.9. The first kappa shape index (κ1) is 20.8. The Morgan fingerprint density at radius 1 is 1.17 bits per heavy atom. The molecule has 1 aromatic heterocycles. The fourth-order valence-corrected chi connectivity index (χ4v) is 3.48. The van der Waals surface area contributed by atoms with E-state index in [1.807, 2.05) is 18.7 Å². The lowest BCUT2D eigenvalue weighted by molar-refractivity contribution is -0.138. The zero-order valence-corrected chi connectivity index (χ0v) is 15.7. The minimum Gasteiger partial charge on any atom is -0.367 e. The van der Waals surface area contributed by atoms with Crippen LogP contribution in [0.25, 0.3) is 0 Å². The van der Waals surface area contributed by atoms with Crippen molar-refractivity contribution < 1.29 is 22.4 Å². The minimum atomic E-state index is -4.88. The summed E-state index contributed by atoms with van der Waals surface area (Å²) in [5, 5.41) is 5.75. The van der Waals surface area contributed by atoms with Crippen LogP contribution >= 0.6 is 0 Å². The zero-order valence-electron chi connectivity index (χ0n) is 15.7. The SMILES string of the molecule is C[C@@H]1CN(c2cc(F)ccc2NC(=O)c2c[nH]c(=O)cc2C(F)(F)F)C[C@H](C)N1. The molecule has 0 saturated carbocycles. The molecular formula is C19H20F4N4O2. The van der Waals surface area contributed by atoms with Crippen LogP contribution in [0.2, 0.25) is 0 Å². The van der Waals surface area contributed by atoms with Crippen molar-refractivity contribution in [1.29, 1.82) is 0 Å². The van der Waals surface area contributed by atoms with Gasteiger partial charge < -0.3 is 20.5 Å². The molecule has 156 valence electrons. The van der Waals surface area contributed by atoms with E-state index in [2.05, 4.69) is 15.6 Å². The molecular weight excluding hydrogens is 392 g/mol. The van der Waals surface area contributed by atoms with Gasteiger partial charge in [-0.05, 0) is 32.0 Å².